The number of nitrogens with one attached hydrogen (secondary N) is 3. The second kappa shape index (κ2) is 9.70. The molecule has 0 radical (unpaired) electrons. The molecule has 0 unspecified atom stereocenters. The second-order valence-electron chi connectivity index (χ2n) is 8.22. The zero-order valence-electron chi connectivity index (χ0n) is 18.0. The first-order chi connectivity index (χ1) is 15.8. The maximum atomic E-state index is 14.6. The highest BCUT2D eigenvalue weighted by Crippen LogP contribution is 2.27. The van der Waals surface area contributed by atoms with Gasteiger partial charge >= 0.3 is 6.03 Å². The van der Waals surface area contributed by atoms with Gasteiger partial charge in [-0.25, -0.2) is 18.6 Å². The maximum absolute atomic E-state index is 14.6. The highest BCUT2D eigenvalue weighted by atomic mass is 19.2. The number of fused-ring (bicyclic) bond motifs is 1. The molecule has 0 saturated heterocycles. The van der Waals surface area contributed by atoms with Gasteiger partial charge in [-0.3, -0.25) is 0 Å². The Balaban J connectivity index is 1.59. The molecule has 1 heterocycles. The number of amides is 2. The highest BCUT2D eigenvalue weighted by Gasteiger charge is 2.25. The topological polar surface area (TPSA) is 99.3 Å². The number of aromatic nitrogens is 2. The summed E-state index contributed by atoms with van der Waals surface area (Å²) in [6, 6.07) is 5.27. The number of carbonyl (C=O) groups excluding carboxylic acids is 1. The number of aromatic amines is 1. The smallest absolute Gasteiger partial charge is 0.315 e. The normalized spacial score (nSPS) is 19.3. The number of imidazole rings is 1. The summed E-state index contributed by atoms with van der Waals surface area (Å²) in [7, 11) is 1.24. The Morgan fingerprint density at radius 2 is 1.94 bits per heavy atom. The van der Waals surface area contributed by atoms with Gasteiger partial charge in [-0.15, -0.1) is 0 Å². The van der Waals surface area contributed by atoms with Gasteiger partial charge in [0.05, 0.1) is 30.3 Å². The van der Waals surface area contributed by atoms with Gasteiger partial charge in [0.15, 0.2) is 11.6 Å². The molecule has 1 aromatic heterocycles. The number of aliphatic hydroxyl groups is 1. The molecule has 1 aliphatic rings. The van der Waals surface area contributed by atoms with Crippen LogP contribution in [0.2, 0.25) is 0 Å². The van der Waals surface area contributed by atoms with Crippen LogP contribution in [0.5, 0.6) is 5.75 Å². The molecule has 0 bridgehead atoms. The first-order valence-corrected chi connectivity index (χ1v) is 10.7. The van der Waals surface area contributed by atoms with Crippen LogP contribution in [0.1, 0.15) is 43.1 Å². The number of benzene rings is 2. The van der Waals surface area contributed by atoms with E-state index < -0.39 is 29.5 Å². The lowest BCUT2D eigenvalue weighted by Gasteiger charge is -2.27. The molecule has 0 spiro atoms. The van der Waals surface area contributed by atoms with Crippen LogP contribution < -0.4 is 15.4 Å². The van der Waals surface area contributed by atoms with Crippen molar-refractivity contribution in [3.63, 3.8) is 0 Å². The molecule has 2 aromatic carbocycles. The fourth-order valence-corrected chi connectivity index (χ4v) is 4.09. The van der Waals surface area contributed by atoms with E-state index in [4.69, 9.17) is 4.74 Å². The second-order valence-corrected chi connectivity index (χ2v) is 8.22. The van der Waals surface area contributed by atoms with E-state index in [-0.39, 0.29) is 35.7 Å². The minimum Gasteiger partial charge on any atom is -0.494 e. The van der Waals surface area contributed by atoms with Crippen molar-refractivity contribution < 1.29 is 27.8 Å². The number of carbonyl (C=O) groups is 1. The number of methoxy groups -OCH3 is 1. The quantitative estimate of drug-likeness (QED) is 0.447. The monoisotopic (exact) mass is 462 g/mol. The van der Waals surface area contributed by atoms with E-state index in [0.29, 0.717) is 36.7 Å². The van der Waals surface area contributed by atoms with Gasteiger partial charge in [0.1, 0.15) is 11.6 Å². The molecule has 4 N–H and O–H groups in total. The van der Waals surface area contributed by atoms with E-state index in [9.17, 15) is 23.1 Å². The number of halogens is 3. The molecule has 176 valence electrons. The zero-order valence-corrected chi connectivity index (χ0v) is 18.0. The fourth-order valence-electron chi connectivity index (χ4n) is 4.09. The van der Waals surface area contributed by atoms with E-state index >= 15 is 0 Å². The van der Waals surface area contributed by atoms with Crippen molar-refractivity contribution in [3.05, 3.63) is 59.2 Å². The lowest BCUT2D eigenvalue weighted by atomic mass is 9.93. The Labute approximate surface area is 188 Å². The van der Waals surface area contributed by atoms with Crippen molar-refractivity contribution in [1.82, 2.24) is 20.6 Å². The number of ether oxygens (including phenoxy) is 1. The Morgan fingerprint density at radius 1 is 1.18 bits per heavy atom. The Kier molecular flexibility index (Phi) is 6.73. The summed E-state index contributed by atoms with van der Waals surface area (Å²) in [5.74, 6) is -2.61. The summed E-state index contributed by atoms with van der Waals surface area (Å²) in [5, 5.41) is 15.3. The van der Waals surface area contributed by atoms with Gasteiger partial charge < -0.3 is 25.5 Å². The molecule has 2 amide bonds. The van der Waals surface area contributed by atoms with E-state index in [1.807, 2.05) is 0 Å². The van der Waals surface area contributed by atoms with Crippen LogP contribution >= 0.6 is 0 Å². The standard InChI is InChI=1S/C23H25F3N4O3/c1-33-19-9-2-12(20(25)21(19)26)10-18(22-28-16-8-3-13(24)11-17(16)29-22)30-23(32)27-14-4-6-15(31)7-5-14/h2-3,8-9,11,14-15,18,31H,4-7,10H2,1H3,(H,28,29)(H2,27,30,32)/t14-,15-,18-/m1/s1. The predicted octanol–water partition coefficient (Wildman–Crippen LogP) is 3.88. The summed E-state index contributed by atoms with van der Waals surface area (Å²) < 4.78 is 47.3. The van der Waals surface area contributed by atoms with Crippen LogP contribution in [0.25, 0.3) is 11.0 Å². The first-order valence-electron chi connectivity index (χ1n) is 10.7. The Hall–Kier alpha value is -3.27. The summed E-state index contributed by atoms with van der Waals surface area (Å²) >= 11 is 0. The molecule has 4 rings (SSSR count). The van der Waals surface area contributed by atoms with Gasteiger partial charge in [-0.2, -0.15) is 4.39 Å². The van der Waals surface area contributed by atoms with E-state index in [0.717, 1.165) is 0 Å². The molecule has 1 aliphatic carbocycles. The Morgan fingerprint density at radius 3 is 2.67 bits per heavy atom. The summed E-state index contributed by atoms with van der Waals surface area (Å²) in [4.78, 5) is 20.1. The Bertz CT molecular complexity index is 1150. The third kappa shape index (κ3) is 5.22. The SMILES string of the molecule is COc1ccc(C[C@@H](NC(=O)N[C@H]2CC[C@H](O)CC2)c2nc3cc(F)ccc3[nH]2)c(F)c1F. The lowest BCUT2D eigenvalue weighted by molar-refractivity contribution is 0.117. The zero-order chi connectivity index (χ0) is 23.5. The number of hydrogen-bond donors (Lipinski definition) is 4. The largest absolute Gasteiger partial charge is 0.494 e. The minimum absolute atomic E-state index is 0.0195. The number of urea groups is 1. The molecule has 0 aliphatic heterocycles. The molecule has 3 aromatic rings. The highest BCUT2D eigenvalue weighted by molar-refractivity contribution is 5.76. The van der Waals surface area contributed by atoms with E-state index in [2.05, 4.69) is 20.6 Å². The molecular weight excluding hydrogens is 437 g/mol. The van der Waals surface area contributed by atoms with Gasteiger partial charge in [0.25, 0.3) is 0 Å². The third-order valence-corrected chi connectivity index (χ3v) is 5.90. The molecule has 33 heavy (non-hydrogen) atoms. The third-order valence-electron chi connectivity index (χ3n) is 5.90. The summed E-state index contributed by atoms with van der Waals surface area (Å²) in [6.07, 6.45) is 2.01. The van der Waals surface area contributed by atoms with Crippen molar-refractivity contribution in [1.29, 1.82) is 0 Å². The molecule has 10 heteroatoms. The van der Waals surface area contributed by atoms with E-state index in [1.54, 1.807) is 0 Å². The fraction of sp³-hybridized carbons (Fsp3) is 0.391. The van der Waals surface area contributed by atoms with Crippen LogP contribution in [0.15, 0.2) is 30.3 Å². The molecule has 7 nitrogen and oxygen atoms in total. The minimum atomic E-state index is -1.12. The van der Waals surface area contributed by atoms with Gasteiger partial charge in [-0.1, -0.05) is 6.07 Å². The average Bonchev–Trinajstić information content (AvgIpc) is 3.21. The van der Waals surface area contributed by atoms with Crippen molar-refractivity contribution in [3.8, 4) is 5.75 Å². The van der Waals surface area contributed by atoms with Gasteiger partial charge in [0.2, 0.25) is 5.82 Å². The van der Waals surface area contributed by atoms with Crippen molar-refractivity contribution in [2.24, 2.45) is 0 Å². The molecule has 1 fully saturated rings. The average molecular weight is 462 g/mol. The molecular formula is C23H25F3N4O3. The number of H-pyrrole nitrogens is 1. The number of aliphatic hydroxyl groups excluding tert-OH is 1. The van der Waals surface area contributed by atoms with Crippen molar-refractivity contribution in [2.75, 3.05) is 7.11 Å². The number of nitrogens with zero attached hydrogens (tertiary/aromatic N) is 1. The number of hydrogen-bond acceptors (Lipinski definition) is 4. The van der Waals surface area contributed by atoms with Crippen molar-refractivity contribution >= 4 is 17.1 Å². The van der Waals surface area contributed by atoms with Crippen LogP contribution in [-0.2, 0) is 6.42 Å². The molecule has 1 saturated carbocycles. The lowest BCUT2D eigenvalue weighted by Crippen LogP contribution is -2.45. The van der Waals surface area contributed by atoms with Gasteiger partial charge in [0, 0.05) is 18.5 Å². The first kappa shape index (κ1) is 22.9. The number of rotatable bonds is 6. The molecule has 1 atom stereocenters. The van der Waals surface area contributed by atoms with Crippen LogP contribution in [-0.4, -0.2) is 40.4 Å². The van der Waals surface area contributed by atoms with E-state index in [1.165, 1.54) is 37.4 Å². The van der Waals surface area contributed by atoms with Crippen LogP contribution in [0.4, 0.5) is 18.0 Å². The maximum Gasteiger partial charge on any atom is 0.315 e. The van der Waals surface area contributed by atoms with Crippen LogP contribution in [0.3, 0.4) is 0 Å². The van der Waals surface area contributed by atoms with Gasteiger partial charge in [-0.05, 0) is 49.4 Å². The van der Waals surface area contributed by atoms with Crippen molar-refractivity contribution in [2.45, 2.75) is 50.3 Å². The summed E-state index contributed by atoms with van der Waals surface area (Å²) in [5.41, 5.74) is 0.909. The van der Waals surface area contributed by atoms with Crippen LogP contribution in [0, 0.1) is 17.5 Å². The predicted molar refractivity (Wildman–Crippen MR) is 115 cm³/mol. The summed E-state index contributed by atoms with van der Waals surface area (Å²) in [6.45, 7) is 0.